The lowest BCUT2D eigenvalue weighted by Crippen LogP contribution is -2.49. The van der Waals surface area contributed by atoms with Crippen molar-refractivity contribution >= 4 is 23.3 Å². The molecule has 2 aromatic carbocycles. The van der Waals surface area contributed by atoms with Gasteiger partial charge in [0.15, 0.2) is 5.75 Å². The number of urea groups is 1. The third kappa shape index (κ3) is 5.98. The molecule has 0 radical (unpaired) electrons. The van der Waals surface area contributed by atoms with Gasteiger partial charge in [-0.05, 0) is 57.4 Å². The lowest BCUT2D eigenvalue weighted by atomic mass is 9.99. The maximum atomic E-state index is 13.4. The molecule has 3 rings (SSSR count). The van der Waals surface area contributed by atoms with Gasteiger partial charge in [0.25, 0.3) is 5.91 Å². The number of methoxy groups -OCH3 is 1. The van der Waals surface area contributed by atoms with Gasteiger partial charge >= 0.3 is 6.03 Å². The van der Waals surface area contributed by atoms with Crippen LogP contribution in [-0.4, -0.2) is 79.9 Å². The zero-order valence-corrected chi connectivity index (χ0v) is 20.4. The lowest BCUT2D eigenvalue weighted by molar-refractivity contribution is 0.0365. The number of aliphatic hydroxyl groups excluding tert-OH is 1. The lowest BCUT2D eigenvalue weighted by Gasteiger charge is -2.38. The van der Waals surface area contributed by atoms with Crippen molar-refractivity contribution in [2.24, 2.45) is 5.92 Å². The predicted molar refractivity (Wildman–Crippen MR) is 132 cm³/mol. The molecule has 9 nitrogen and oxygen atoms in total. The van der Waals surface area contributed by atoms with Gasteiger partial charge in [0.2, 0.25) is 0 Å². The number of carbonyl (C=O) groups excluding carboxylic acids is 2. The summed E-state index contributed by atoms with van der Waals surface area (Å²) in [6.07, 6.45) is -0.233. The Morgan fingerprint density at radius 3 is 2.56 bits per heavy atom. The predicted octanol–water partition coefficient (Wildman–Crippen LogP) is 3.12. The van der Waals surface area contributed by atoms with Crippen molar-refractivity contribution < 1.29 is 24.2 Å². The van der Waals surface area contributed by atoms with Crippen LogP contribution in [0.2, 0.25) is 0 Å². The van der Waals surface area contributed by atoms with E-state index in [9.17, 15) is 14.7 Å². The highest BCUT2D eigenvalue weighted by Crippen LogP contribution is 2.35. The smallest absolute Gasteiger partial charge is 0.323 e. The van der Waals surface area contributed by atoms with Gasteiger partial charge in [-0.25, -0.2) is 4.79 Å². The quantitative estimate of drug-likeness (QED) is 0.575. The van der Waals surface area contributed by atoms with Crippen molar-refractivity contribution in [3.05, 3.63) is 48.0 Å². The van der Waals surface area contributed by atoms with Gasteiger partial charge in [-0.1, -0.05) is 13.0 Å². The second kappa shape index (κ2) is 11.2. The molecule has 3 atom stereocenters. The highest BCUT2D eigenvalue weighted by molar-refractivity contribution is 6.04. The Bertz CT molecular complexity index is 995. The minimum atomic E-state index is -0.463. The molecule has 3 amide bonds. The van der Waals surface area contributed by atoms with Crippen LogP contribution in [0, 0.1) is 5.92 Å². The molecule has 0 aliphatic carbocycles. The first-order chi connectivity index (χ1) is 16.2. The average molecular weight is 471 g/mol. The maximum absolute atomic E-state index is 13.4. The van der Waals surface area contributed by atoms with Crippen molar-refractivity contribution in [1.82, 2.24) is 9.80 Å². The molecule has 184 valence electrons. The van der Waals surface area contributed by atoms with Gasteiger partial charge in [-0.3, -0.25) is 4.79 Å². The molecule has 1 aliphatic rings. The van der Waals surface area contributed by atoms with Crippen LogP contribution in [0.3, 0.4) is 0 Å². The van der Waals surface area contributed by atoms with Gasteiger partial charge in [0.1, 0.15) is 11.9 Å². The van der Waals surface area contributed by atoms with E-state index in [1.165, 1.54) is 0 Å². The summed E-state index contributed by atoms with van der Waals surface area (Å²) in [5.74, 6) is 0.761. The van der Waals surface area contributed by atoms with Crippen LogP contribution in [-0.2, 0) is 0 Å². The van der Waals surface area contributed by atoms with Gasteiger partial charge in [-0.15, -0.1) is 0 Å². The molecule has 2 aromatic rings. The monoisotopic (exact) mass is 470 g/mol. The SMILES string of the molecule is COc1ccc(NC(=O)Nc2cccc3c2O[C@H](CN(C)C)[C@@H](C)CN([C@@H](C)CO)C3=O)cc1. The number of amides is 3. The molecule has 0 fully saturated rings. The molecule has 0 unspecified atom stereocenters. The van der Waals surface area contributed by atoms with E-state index in [0.29, 0.717) is 41.5 Å². The summed E-state index contributed by atoms with van der Waals surface area (Å²) in [6, 6.07) is 11.2. The van der Waals surface area contributed by atoms with Crippen molar-refractivity contribution in [3.8, 4) is 11.5 Å². The summed E-state index contributed by atoms with van der Waals surface area (Å²) in [6.45, 7) is 4.78. The van der Waals surface area contributed by atoms with E-state index in [0.717, 1.165) is 0 Å². The molecule has 1 heterocycles. The highest BCUT2D eigenvalue weighted by Gasteiger charge is 2.34. The Morgan fingerprint density at radius 2 is 1.94 bits per heavy atom. The molecule has 0 spiro atoms. The first-order valence-electron chi connectivity index (χ1n) is 11.3. The molecular formula is C25H34N4O5. The van der Waals surface area contributed by atoms with E-state index in [-0.39, 0.29) is 30.6 Å². The number of nitrogens with one attached hydrogen (secondary N) is 2. The van der Waals surface area contributed by atoms with Crippen LogP contribution in [0.5, 0.6) is 11.5 Å². The van der Waals surface area contributed by atoms with Crippen LogP contribution >= 0.6 is 0 Å². The molecule has 0 bridgehead atoms. The van der Waals surface area contributed by atoms with E-state index < -0.39 is 6.03 Å². The Labute approximate surface area is 200 Å². The summed E-state index contributed by atoms with van der Waals surface area (Å²) < 4.78 is 11.5. The van der Waals surface area contributed by atoms with Crippen molar-refractivity contribution in [2.45, 2.75) is 26.0 Å². The normalized spacial score (nSPS) is 18.9. The molecule has 0 aromatic heterocycles. The van der Waals surface area contributed by atoms with Crippen LogP contribution in [0.15, 0.2) is 42.5 Å². The first kappa shape index (κ1) is 25.3. The van der Waals surface area contributed by atoms with Gasteiger partial charge in [0.05, 0.1) is 31.0 Å². The fourth-order valence-corrected chi connectivity index (χ4v) is 3.88. The van der Waals surface area contributed by atoms with Gasteiger partial charge in [-0.2, -0.15) is 0 Å². The second-order valence-corrected chi connectivity index (χ2v) is 8.87. The zero-order chi connectivity index (χ0) is 24.8. The zero-order valence-electron chi connectivity index (χ0n) is 20.4. The van der Waals surface area contributed by atoms with E-state index in [2.05, 4.69) is 10.6 Å². The summed E-state index contributed by atoms with van der Waals surface area (Å²) in [5, 5.41) is 15.4. The van der Waals surface area contributed by atoms with Crippen LogP contribution < -0.4 is 20.1 Å². The Balaban J connectivity index is 1.93. The number of hydrogen-bond acceptors (Lipinski definition) is 6. The number of fused-ring (bicyclic) bond motifs is 1. The largest absolute Gasteiger partial charge is 0.497 e. The molecule has 0 saturated heterocycles. The fourth-order valence-electron chi connectivity index (χ4n) is 3.88. The second-order valence-electron chi connectivity index (χ2n) is 8.87. The molecule has 9 heteroatoms. The van der Waals surface area contributed by atoms with Crippen LogP contribution in [0.1, 0.15) is 24.2 Å². The minimum absolute atomic E-state index is 0.00492. The van der Waals surface area contributed by atoms with Crippen molar-refractivity contribution in [1.29, 1.82) is 0 Å². The Hall–Kier alpha value is -3.30. The van der Waals surface area contributed by atoms with E-state index in [4.69, 9.17) is 9.47 Å². The van der Waals surface area contributed by atoms with E-state index >= 15 is 0 Å². The molecule has 34 heavy (non-hydrogen) atoms. The summed E-state index contributed by atoms with van der Waals surface area (Å²) in [5.41, 5.74) is 1.33. The number of ether oxygens (including phenoxy) is 2. The number of aliphatic hydroxyl groups is 1. The topological polar surface area (TPSA) is 103 Å². The summed E-state index contributed by atoms with van der Waals surface area (Å²) in [4.78, 5) is 29.9. The number of anilines is 2. The number of rotatable bonds is 7. The highest BCUT2D eigenvalue weighted by atomic mass is 16.5. The van der Waals surface area contributed by atoms with E-state index in [1.54, 1.807) is 54.5 Å². The first-order valence-corrected chi connectivity index (χ1v) is 11.3. The molecule has 0 saturated carbocycles. The number of hydrogen-bond donors (Lipinski definition) is 3. The Kier molecular flexibility index (Phi) is 8.36. The van der Waals surface area contributed by atoms with E-state index in [1.807, 2.05) is 32.8 Å². The molecular weight excluding hydrogens is 436 g/mol. The number of para-hydroxylation sites is 1. The number of benzene rings is 2. The van der Waals surface area contributed by atoms with Crippen molar-refractivity contribution in [2.75, 3.05) is 51.5 Å². The minimum Gasteiger partial charge on any atom is -0.497 e. The third-order valence-electron chi connectivity index (χ3n) is 5.83. The molecule has 3 N–H and O–H groups in total. The van der Waals surface area contributed by atoms with Gasteiger partial charge < -0.3 is 35.0 Å². The Morgan fingerprint density at radius 1 is 1.24 bits per heavy atom. The standard InChI is InChI=1S/C25H34N4O5/c1-16-13-29(17(2)15-30)24(31)20-7-6-8-21(23(20)34-22(16)14-28(3)4)27-25(32)26-18-9-11-19(33-5)12-10-18/h6-12,16-17,22,30H,13-15H2,1-5H3,(H2,26,27,32)/t16-,17-,22+/m0/s1. The van der Waals surface area contributed by atoms with Gasteiger partial charge in [0, 0.05) is 24.7 Å². The number of likely N-dealkylation sites (N-methyl/N-ethyl adjacent to an activating group) is 1. The van der Waals surface area contributed by atoms with Crippen LogP contribution in [0.25, 0.3) is 0 Å². The van der Waals surface area contributed by atoms with Crippen LogP contribution in [0.4, 0.5) is 16.2 Å². The fraction of sp³-hybridized carbons (Fsp3) is 0.440. The summed E-state index contributed by atoms with van der Waals surface area (Å²) >= 11 is 0. The molecule has 1 aliphatic heterocycles. The number of carbonyl (C=O) groups is 2. The summed E-state index contributed by atoms with van der Waals surface area (Å²) in [7, 11) is 5.50. The maximum Gasteiger partial charge on any atom is 0.323 e. The third-order valence-corrected chi connectivity index (χ3v) is 5.83. The van der Waals surface area contributed by atoms with Crippen molar-refractivity contribution in [3.63, 3.8) is 0 Å². The average Bonchev–Trinajstić information content (AvgIpc) is 2.81. The number of nitrogens with zero attached hydrogens (tertiary/aromatic N) is 2.